The van der Waals surface area contributed by atoms with E-state index in [2.05, 4.69) is 0 Å². The normalized spacial score (nSPS) is 12.8. The van der Waals surface area contributed by atoms with Crippen LogP contribution in [-0.2, 0) is 15.1 Å². The average Bonchev–Trinajstić information content (AvgIpc) is 2.82. The third-order valence-electron chi connectivity index (χ3n) is 4.88. The summed E-state index contributed by atoms with van der Waals surface area (Å²) in [6, 6.07) is 21.8. The topological polar surface area (TPSA) is 82.1 Å². The highest BCUT2D eigenvalue weighted by atomic mass is 16.6. The van der Waals surface area contributed by atoms with Gasteiger partial charge >= 0.3 is 5.97 Å². The molecule has 0 atom stereocenters. The van der Waals surface area contributed by atoms with Gasteiger partial charge in [0.25, 0.3) is 0 Å². The molecule has 1 N–H and O–H groups in total. The zero-order valence-corrected chi connectivity index (χ0v) is 16.1. The van der Waals surface area contributed by atoms with Crippen LogP contribution < -0.4 is 9.47 Å². The van der Waals surface area contributed by atoms with Gasteiger partial charge in [-0.25, -0.2) is 4.79 Å². The molecule has 3 aromatic rings. The second-order valence-electron chi connectivity index (χ2n) is 6.80. The van der Waals surface area contributed by atoms with Crippen molar-refractivity contribution in [2.45, 2.75) is 5.60 Å². The monoisotopic (exact) mass is 404 g/mol. The quantitative estimate of drug-likeness (QED) is 0.502. The minimum absolute atomic E-state index is 0.329. The van der Waals surface area contributed by atoms with Crippen molar-refractivity contribution in [1.29, 1.82) is 0 Å². The summed E-state index contributed by atoms with van der Waals surface area (Å²) in [6.07, 6.45) is 0. The highest BCUT2D eigenvalue weighted by molar-refractivity contribution is 5.99. The van der Waals surface area contributed by atoms with Gasteiger partial charge < -0.3 is 19.3 Å². The molecule has 30 heavy (non-hydrogen) atoms. The molecule has 0 aliphatic carbocycles. The van der Waals surface area contributed by atoms with Crippen molar-refractivity contribution in [2.24, 2.45) is 0 Å². The van der Waals surface area contributed by atoms with Gasteiger partial charge in [0.15, 0.2) is 23.9 Å². The van der Waals surface area contributed by atoms with Crippen LogP contribution in [0.5, 0.6) is 11.5 Å². The fourth-order valence-electron chi connectivity index (χ4n) is 3.30. The summed E-state index contributed by atoms with van der Waals surface area (Å²) in [5.74, 6) is -0.296. The number of ether oxygens (including phenoxy) is 3. The van der Waals surface area contributed by atoms with Gasteiger partial charge in [-0.1, -0.05) is 60.7 Å². The molecule has 3 aromatic carbocycles. The molecular formula is C24H20O6. The Kier molecular flexibility index (Phi) is 5.50. The van der Waals surface area contributed by atoms with E-state index in [1.807, 2.05) is 0 Å². The number of benzene rings is 3. The van der Waals surface area contributed by atoms with Gasteiger partial charge in [0.2, 0.25) is 5.60 Å². The molecule has 0 saturated heterocycles. The zero-order valence-electron chi connectivity index (χ0n) is 16.1. The molecule has 0 radical (unpaired) electrons. The van der Waals surface area contributed by atoms with Gasteiger partial charge in [0.1, 0.15) is 13.2 Å². The first-order chi connectivity index (χ1) is 14.6. The lowest BCUT2D eigenvalue weighted by Gasteiger charge is -2.27. The Balaban J connectivity index is 1.54. The average molecular weight is 404 g/mol. The maximum Gasteiger partial charge on any atom is 0.348 e. The summed E-state index contributed by atoms with van der Waals surface area (Å²) >= 11 is 0. The minimum atomic E-state index is -2.03. The van der Waals surface area contributed by atoms with Crippen molar-refractivity contribution >= 4 is 11.8 Å². The number of fused-ring (bicyclic) bond motifs is 1. The second kappa shape index (κ2) is 8.39. The number of hydrogen-bond donors (Lipinski definition) is 1. The molecule has 1 heterocycles. The highest BCUT2D eigenvalue weighted by Gasteiger charge is 2.41. The number of carbonyl (C=O) groups excluding carboxylic acids is 2. The molecule has 1 aliphatic heterocycles. The summed E-state index contributed by atoms with van der Waals surface area (Å²) < 4.78 is 16.2. The zero-order chi connectivity index (χ0) is 21.0. The molecule has 4 rings (SSSR count). The van der Waals surface area contributed by atoms with Crippen LogP contribution in [-0.4, -0.2) is 36.7 Å². The van der Waals surface area contributed by atoms with Crippen LogP contribution in [0.15, 0.2) is 78.9 Å². The highest BCUT2D eigenvalue weighted by Crippen LogP contribution is 2.32. The fourth-order valence-corrected chi connectivity index (χ4v) is 3.30. The largest absolute Gasteiger partial charge is 0.486 e. The van der Waals surface area contributed by atoms with E-state index in [1.165, 1.54) is 0 Å². The Labute approximate surface area is 173 Å². The number of rotatable bonds is 6. The molecule has 0 fully saturated rings. The first kappa shape index (κ1) is 19.7. The molecule has 6 nitrogen and oxygen atoms in total. The van der Waals surface area contributed by atoms with E-state index in [9.17, 15) is 14.7 Å². The van der Waals surface area contributed by atoms with Crippen molar-refractivity contribution in [2.75, 3.05) is 19.8 Å². The molecule has 0 bridgehead atoms. The van der Waals surface area contributed by atoms with Crippen LogP contribution in [0.3, 0.4) is 0 Å². The van der Waals surface area contributed by atoms with E-state index < -0.39 is 24.0 Å². The number of aliphatic hydroxyl groups is 1. The summed E-state index contributed by atoms with van der Waals surface area (Å²) in [5, 5.41) is 11.3. The standard InChI is InChI=1S/C24H20O6/c25-20(17-11-12-21-22(15-17)29-14-13-28-21)16-30-23(26)24(27,18-7-3-1-4-8-18)19-9-5-2-6-10-19/h1-12,15,27H,13-14,16H2. The van der Waals surface area contributed by atoms with Crippen LogP contribution in [0.1, 0.15) is 21.5 Å². The van der Waals surface area contributed by atoms with E-state index >= 15 is 0 Å². The van der Waals surface area contributed by atoms with Gasteiger partial charge in [-0.15, -0.1) is 0 Å². The van der Waals surface area contributed by atoms with E-state index in [0.29, 0.717) is 41.4 Å². The Morgan fingerprint density at radius 2 is 1.40 bits per heavy atom. The molecule has 152 valence electrons. The molecule has 0 saturated carbocycles. The molecule has 0 aromatic heterocycles. The Bertz CT molecular complexity index is 1010. The van der Waals surface area contributed by atoms with E-state index in [-0.39, 0.29) is 0 Å². The fraction of sp³-hybridized carbons (Fsp3) is 0.167. The molecular weight excluding hydrogens is 384 g/mol. The third-order valence-corrected chi connectivity index (χ3v) is 4.88. The number of carbonyl (C=O) groups is 2. The lowest BCUT2D eigenvalue weighted by atomic mass is 9.86. The van der Waals surface area contributed by atoms with Crippen LogP contribution in [0, 0.1) is 0 Å². The first-order valence-electron chi connectivity index (χ1n) is 9.52. The summed E-state index contributed by atoms with van der Waals surface area (Å²) in [6.45, 7) is 0.344. The predicted molar refractivity (Wildman–Crippen MR) is 109 cm³/mol. The Morgan fingerprint density at radius 1 is 0.833 bits per heavy atom. The maximum atomic E-state index is 13.0. The van der Waals surface area contributed by atoms with Crippen molar-refractivity contribution < 1.29 is 28.9 Å². The Hall–Kier alpha value is -3.64. The number of esters is 1. The van der Waals surface area contributed by atoms with Crippen molar-refractivity contribution in [1.82, 2.24) is 0 Å². The summed E-state index contributed by atoms with van der Waals surface area (Å²) in [7, 11) is 0. The van der Waals surface area contributed by atoms with Gasteiger partial charge in [0.05, 0.1) is 0 Å². The van der Waals surface area contributed by atoms with Crippen LogP contribution in [0.25, 0.3) is 0 Å². The molecule has 0 amide bonds. The molecule has 6 heteroatoms. The van der Waals surface area contributed by atoms with E-state index in [4.69, 9.17) is 14.2 Å². The van der Waals surface area contributed by atoms with Crippen molar-refractivity contribution in [3.05, 3.63) is 95.6 Å². The van der Waals surface area contributed by atoms with Gasteiger partial charge in [-0.3, -0.25) is 4.79 Å². The third kappa shape index (κ3) is 3.77. The van der Waals surface area contributed by atoms with Crippen molar-refractivity contribution in [3.63, 3.8) is 0 Å². The number of hydrogen-bond acceptors (Lipinski definition) is 6. The lowest BCUT2D eigenvalue weighted by molar-refractivity contribution is -0.160. The Morgan fingerprint density at radius 3 is 2.00 bits per heavy atom. The van der Waals surface area contributed by atoms with Gasteiger partial charge in [-0.05, 0) is 29.3 Å². The van der Waals surface area contributed by atoms with Crippen LogP contribution in [0.2, 0.25) is 0 Å². The maximum absolute atomic E-state index is 13.0. The van der Waals surface area contributed by atoms with E-state index in [0.717, 1.165) is 0 Å². The van der Waals surface area contributed by atoms with Crippen LogP contribution >= 0.6 is 0 Å². The van der Waals surface area contributed by atoms with Crippen LogP contribution in [0.4, 0.5) is 0 Å². The SMILES string of the molecule is O=C(COC(=O)C(O)(c1ccccc1)c1ccccc1)c1ccc2c(c1)OCCO2. The molecule has 0 unspecified atom stereocenters. The van der Waals surface area contributed by atoms with Gasteiger partial charge in [0, 0.05) is 5.56 Å². The molecule has 0 spiro atoms. The van der Waals surface area contributed by atoms with Gasteiger partial charge in [-0.2, -0.15) is 0 Å². The van der Waals surface area contributed by atoms with Crippen molar-refractivity contribution in [3.8, 4) is 11.5 Å². The predicted octanol–water partition coefficient (Wildman–Crippen LogP) is 3.12. The lowest BCUT2D eigenvalue weighted by Crippen LogP contribution is -2.39. The summed E-state index contributed by atoms with van der Waals surface area (Å²) in [4.78, 5) is 25.5. The first-order valence-corrected chi connectivity index (χ1v) is 9.52. The summed E-state index contributed by atoms with van der Waals surface area (Å²) in [5.41, 5.74) is -0.994. The molecule has 1 aliphatic rings. The second-order valence-corrected chi connectivity index (χ2v) is 6.80. The number of Topliss-reactive ketones (excluding diaryl/α,β-unsaturated/α-hetero) is 1. The smallest absolute Gasteiger partial charge is 0.348 e. The number of ketones is 1. The van der Waals surface area contributed by atoms with E-state index in [1.54, 1.807) is 78.9 Å². The minimum Gasteiger partial charge on any atom is -0.486 e.